The molecule has 11 heteroatoms. The van der Waals surface area contributed by atoms with E-state index in [0.29, 0.717) is 22.4 Å². The molecule has 0 saturated heterocycles. The third-order valence-corrected chi connectivity index (χ3v) is 4.47. The van der Waals surface area contributed by atoms with Gasteiger partial charge >= 0.3 is 0 Å². The number of H-pyrrole nitrogens is 1. The number of aromatic amines is 1. The molecule has 0 bridgehead atoms. The summed E-state index contributed by atoms with van der Waals surface area (Å²) in [5, 5.41) is 18.0. The molecule has 0 atom stereocenters. The Bertz CT molecular complexity index is 1330. The van der Waals surface area contributed by atoms with Crippen LogP contribution >= 0.6 is 11.6 Å². The molecule has 144 valence electrons. The van der Waals surface area contributed by atoms with Crippen LogP contribution in [0.25, 0.3) is 16.7 Å². The molecule has 29 heavy (non-hydrogen) atoms. The number of nitro groups is 1. The second kappa shape index (κ2) is 7.17. The zero-order valence-corrected chi connectivity index (χ0v) is 15.3. The number of carbonyl (C=O) groups excluding carboxylic acids is 1. The topological polar surface area (TPSA) is 136 Å². The van der Waals surface area contributed by atoms with Crippen molar-refractivity contribution >= 4 is 39.9 Å². The van der Waals surface area contributed by atoms with Crippen LogP contribution in [0.4, 0.5) is 11.4 Å². The third-order valence-electron chi connectivity index (χ3n) is 4.16. The summed E-state index contributed by atoms with van der Waals surface area (Å²) >= 11 is 6.04. The smallest absolute Gasteiger partial charge is 0.270 e. The number of nitrogens with zero attached hydrogens (tertiary/aromatic N) is 4. The van der Waals surface area contributed by atoms with Crippen LogP contribution in [0.5, 0.6) is 0 Å². The summed E-state index contributed by atoms with van der Waals surface area (Å²) in [5.41, 5.74) is 0.716. The fraction of sp³-hybridized carbons (Fsp3) is 0. The van der Waals surface area contributed by atoms with Crippen LogP contribution in [0.2, 0.25) is 5.02 Å². The summed E-state index contributed by atoms with van der Waals surface area (Å²) in [6, 6.07) is 10.4. The van der Waals surface area contributed by atoms with Crippen molar-refractivity contribution in [1.29, 1.82) is 0 Å². The Morgan fingerprint density at radius 2 is 2.03 bits per heavy atom. The van der Waals surface area contributed by atoms with E-state index in [4.69, 9.17) is 11.6 Å². The molecule has 0 aliphatic heterocycles. The van der Waals surface area contributed by atoms with Gasteiger partial charge in [0.1, 0.15) is 5.39 Å². The van der Waals surface area contributed by atoms with Gasteiger partial charge in [-0.2, -0.15) is 5.10 Å². The highest BCUT2D eigenvalue weighted by molar-refractivity contribution is 6.34. The molecule has 0 radical (unpaired) electrons. The van der Waals surface area contributed by atoms with E-state index < -0.39 is 10.8 Å². The molecule has 2 N–H and O–H groups in total. The molecule has 0 saturated carbocycles. The first-order chi connectivity index (χ1) is 14.0. The number of halogens is 1. The van der Waals surface area contributed by atoms with Gasteiger partial charge in [-0.1, -0.05) is 23.7 Å². The lowest BCUT2D eigenvalue weighted by atomic mass is 10.1. The molecule has 4 rings (SSSR count). The lowest BCUT2D eigenvalue weighted by Crippen LogP contribution is -2.15. The highest BCUT2D eigenvalue weighted by Crippen LogP contribution is 2.26. The molecule has 2 aromatic carbocycles. The van der Waals surface area contributed by atoms with E-state index in [1.165, 1.54) is 29.3 Å². The predicted octanol–water partition coefficient (Wildman–Crippen LogP) is 2.92. The summed E-state index contributed by atoms with van der Waals surface area (Å²) in [5.74, 6) is -0.556. The highest BCUT2D eigenvalue weighted by Gasteiger charge is 2.18. The van der Waals surface area contributed by atoms with Crippen LogP contribution in [0.15, 0.2) is 59.8 Å². The van der Waals surface area contributed by atoms with E-state index in [1.54, 1.807) is 24.3 Å². The molecule has 0 aliphatic rings. The minimum atomic E-state index is -0.597. The van der Waals surface area contributed by atoms with Crippen LogP contribution in [-0.2, 0) is 0 Å². The number of aromatic nitrogens is 4. The molecule has 1 amide bonds. The van der Waals surface area contributed by atoms with Gasteiger partial charge < -0.3 is 10.3 Å². The summed E-state index contributed by atoms with van der Waals surface area (Å²) in [4.78, 5) is 41.5. The second-order valence-electron chi connectivity index (χ2n) is 5.92. The first kappa shape index (κ1) is 18.3. The largest absolute Gasteiger partial charge is 0.320 e. The fourth-order valence-electron chi connectivity index (χ4n) is 2.79. The van der Waals surface area contributed by atoms with Crippen LogP contribution < -0.4 is 10.9 Å². The molecule has 10 nitrogen and oxygen atoms in total. The van der Waals surface area contributed by atoms with E-state index in [2.05, 4.69) is 20.4 Å². The summed E-state index contributed by atoms with van der Waals surface area (Å²) in [6.45, 7) is 0. The summed E-state index contributed by atoms with van der Waals surface area (Å²) in [6.07, 6.45) is 2.65. The van der Waals surface area contributed by atoms with E-state index >= 15 is 0 Å². The maximum absolute atomic E-state index is 12.7. The Labute approximate surface area is 166 Å². The third kappa shape index (κ3) is 3.32. The zero-order valence-electron chi connectivity index (χ0n) is 14.5. The number of para-hydroxylation sites is 2. The number of nitrogens with one attached hydrogen (secondary N) is 2. The molecule has 4 aromatic rings. The first-order valence-corrected chi connectivity index (χ1v) is 8.59. The highest BCUT2D eigenvalue weighted by atomic mass is 35.5. The van der Waals surface area contributed by atoms with E-state index in [0.717, 1.165) is 6.07 Å². The molecule has 0 unspecified atom stereocenters. The maximum Gasteiger partial charge on any atom is 0.270 e. The van der Waals surface area contributed by atoms with Gasteiger partial charge in [0.25, 0.3) is 17.2 Å². The molecular formula is C18H11ClN6O4. The number of rotatable bonds is 4. The van der Waals surface area contributed by atoms with Gasteiger partial charge in [-0.15, -0.1) is 0 Å². The van der Waals surface area contributed by atoms with Gasteiger partial charge in [0.2, 0.25) is 0 Å². The van der Waals surface area contributed by atoms with Crippen molar-refractivity contribution in [2.75, 3.05) is 5.32 Å². The molecule has 0 aliphatic carbocycles. The molecule has 0 fully saturated rings. The average Bonchev–Trinajstić information content (AvgIpc) is 3.13. The second-order valence-corrected chi connectivity index (χ2v) is 6.33. The Kier molecular flexibility index (Phi) is 4.53. The van der Waals surface area contributed by atoms with Crippen molar-refractivity contribution in [2.45, 2.75) is 0 Å². The predicted molar refractivity (Wildman–Crippen MR) is 106 cm³/mol. The molecule has 0 spiro atoms. The van der Waals surface area contributed by atoms with Gasteiger partial charge in [0.15, 0.2) is 5.65 Å². The minimum Gasteiger partial charge on any atom is -0.320 e. The molecule has 2 aromatic heterocycles. The lowest BCUT2D eigenvalue weighted by molar-refractivity contribution is -0.384. The monoisotopic (exact) mass is 410 g/mol. The minimum absolute atomic E-state index is 0.0491. The van der Waals surface area contributed by atoms with E-state index in [9.17, 15) is 19.7 Å². The van der Waals surface area contributed by atoms with Gasteiger partial charge in [-0.25, -0.2) is 9.67 Å². The number of non-ortho nitro benzene ring substituents is 1. The fourth-order valence-corrected chi connectivity index (χ4v) is 3.05. The number of anilines is 1. The van der Waals surface area contributed by atoms with Crippen LogP contribution in [0.3, 0.4) is 0 Å². The SMILES string of the molecule is O=C(Nc1ccccc1-n1ncc2c(=O)[nH]cnc21)c1ccc([N+](=O)[O-])cc1Cl. The zero-order chi connectivity index (χ0) is 20.5. The number of hydrogen-bond acceptors (Lipinski definition) is 6. The van der Waals surface area contributed by atoms with Gasteiger partial charge in [-0.05, 0) is 18.2 Å². The van der Waals surface area contributed by atoms with Crippen LogP contribution in [0, 0.1) is 10.1 Å². The number of fused-ring (bicyclic) bond motifs is 1. The Hall–Kier alpha value is -4.05. The van der Waals surface area contributed by atoms with Crippen molar-refractivity contribution in [1.82, 2.24) is 19.7 Å². The summed E-state index contributed by atoms with van der Waals surface area (Å²) in [7, 11) is 0. The van der Waals surface area contributed by atoms with Crippen molar-refractivity contribution in [3.63, 3.8) is 0 Å². The van der Waals surface area contributed by atoms with Crippen molar-refractivity contribution in [3.8, 4) is 5.69 Å². The maximum atomic E-state index is 12.7. The number of nitro benzene ring substituents is 1. The first-order valence-electron chi connectivity index (χ1n) is 8.22. The summed E-state index contributed by atoms with van der Waals surface area (Å²) < 4.78 is 1.43. The van der Waals surface area contributed by atoms with E-state index in [1.807, 2.05) is 0 Å². The standard InChI is InChI=1S/C18H11ClN6O4/c19-13-7-10(25(28)29)5-6-11(13)18(27)23-14-3-1-2-4-15(14)24-16-12(8-22-24)17(26)21-9-20-16/h1-9H,(H,23,27)(H,20,21,26). The van der Waals surface area contributed by atoms with Crippen molar-refractivity contribution in [3.05, 3.63) is 86.0 Å². The Morgan fingerprint density at radius 1 is 1.24 bits per heavy atom. The average molecular weight is 411 g/mol. The molecular weight excluding hydrogens is 400 g/mol. The Balaban J connectivity index is 1.72. The number of amides is 1. The van der Waals surface area contributed by atoms with Crippen molar-refractivity contribution in [2.24, 2.45) is 0 Å². The normalized spacial score (nSPS) is 10.8. The Morgan fingerprint density at radius 3 is 2.79 bits per heavy atom. The number of hydrogen-bond donors (Lipinski definition) is 2. The van der Waals surface area contributed by atoms with Crippen LogP contribution in [0.1, 0.15) is 10.4 Å². The van der Waals surface area contributed by atoms with Gasteiger partial charge in [0, 0.05) is 12.1 Å². The van der Waals surface area contributed by atoms with Crippen molar-refractivity contribution < 1.29 is 9.72 Å². The van der Waals surface area contributed by atoms with Gasteiger partial charge in [0.05, 0.1) is 39.4 Å². The van der Waals surface area contributed by atoms with E-state index in [-0.39, 0.29) is 21.8 Å². The number of carbonyl (C=O) groups is 1. The van der Waals surface area contributed by atoms with Crippen LogP contribution in [-0.4, -0.2) is 30.6 Å². The number of benzene rings is 2. The lowest BCUT2D eigenvalue weighted by Gasteiger charge is -2.12. The quantitative estimate of drug-likeness (QED) is 0.392. The van der Waals surface area contributed by atoms with Gasteiger partial charge in [-0.3, -0.25) is 19.7 Å². The molecule has 2 heterocycles.